The Hall–Kier alpha value is -0.780. The highest BCUT2D eigenvalue weighted by Gasteiger charge is 2.70. The fourth-order valence-corrected chi connectivity index (χ4v) is 13.7. The zero-order valence-electron chi connectivity index (χ0n) is 33.9. The van der Waals surface area contributed by atoms with Crippen molar-refractivity contribution in [2.24, 2.45) is 50.2 Å². The average Bonchev–Trinajstić information content (AvgIpc) is 3.13. The summed E-state index contributed by atoms with van der Waals surface area (Å²) >= 11 is 0. The summed E-state index contributed by atoms with van der Waals surface area (Å²) in [4.78, 5) is 0. The first-order chi connectivity index (χ1) is 25.6. The second kappa shape index (κ2) is 14.4. The van der Waals surface area contributed by atoms with E-state index in [0.717, 1.165) is 51.4 Å². The van der Waals surface area contributed by atoms with Gasteiger partial charge in [0.25, 0.3) is 0 Å². The van der Waals surface area contributed by atoms with E-state index in [1.54, 1.807) is 0 Å². The van der Waals surface area contributed by atoms with Gasteiger partial charge in [-0.2, -0.15) is 0 Å². The van der Waals surface area contributed by atoms with Crippen LogP contribution in [0.3, 0.4) is 0 Å². The highest BCUT2D eigenvalue weighted by atomic mass is 16.8. The largest absolute Gasteiger partial charge is 0.396 e. The predicted molar refractivity (Wildman–Crippen MR) is 199 cm³/mol. The van der Waals surface area contributed by atoms with Gasteiger partial charge in [-0.05, 0) is 102 Å². The van der Waals surface area contributed by atoms with Crippen molar-refractivity contribution in [3.8, 4) is 0 Å². The van der Waals surface area contributed by atoms with Gasteiger partial charge in [-0.15, -0.1) is 0 Å². The van der Waals surface area contributed by atoms with Gasteiger partial charge in [-0.3, -0.25) is 0 Å². The zero-order valence-corrected chi connectivity index (χ0v) is 33.9. The first-order valence-electron chi connectivity index (χ1n) is 20.9. The molecule has 2 aliphatic heterocycles. The molecule has 2 saturated heterocycles. The topological polar surface area (TPSA) is 219 Å². The van der Waals surface area contributed by atoms with Crippen molar-refractivity contribution in [2.75, 3.05) is 19.8 Å². The van der Waals surface area contributed by atoms with E-state index < -0.39 is 92.2 Å². The Labute approximate surface area is 326 Å². The van der Waals surface area contributed by atoms with Gasteiger partial charge >= 0.3 is 0 Å². The minimum Gasteiger partial charge on any atom is -0.396 e. The van der Waals surface area contributed by atoms with Crippen LogP contribution < -0.4 is 0 Å². The number of aliphatic hydroxyl groups is 9. The lowest BCUT2D eigenvalue weighted by atomic mass is 9.33. The van der Waals surface area contributed by atoms with Crippen molar-refractivity contribution in [3.63, 3.8) is 0 Å². The van der Waals surface area contributed by atoms with E-state index in [1.807, 2.05) is 0 Å². The SMILES string of the molecule is CC1(C)[C@@H](O[C@@H]2O[C@H](CO)[C@@H](O)[C@H](O)[C@H]2O[C@@H]2O[C@H](CO)[C@@H](O)[C@H](O)[C@H]2O)CC[C@]2(C)[C@H]3C(O)C=C4[C@@H]5C[C@@](C)(CO)CC[C@]5(C)CC[C@@]4(C)[C@]3(C)CC[C@@H]12. The Morgan fingerprint density at radius 1 is 0.673 bits per heavy atom. The summed E-state index contributed by atoms with van der Waals surface area (Å²) < 4.78 is 24.4. The summed E-state index contributed by atoms with van der Waals surface area (Å²) in [6.45, 7) is 15.1. The molecule has 7 rings (SSSR count). The maximum Gasteiger partial charge on any atom is 0.187 e. The molecule has 13 nitrogen and oxygen atoms in total. The lowest BCUT2D eigenvalue weighted by Crippen LogP contribution is -2.68. The van der Waals surface area contributed by atoms with E-state index in [9.17, 15) is 46.0 Å². The Bertz CT molecular complexity index is 1440. The van der Waals surface area contributed by atoms with Gasteiger partial charge in [-0.25, -0.2) is 0 Å². The van der Waals surface area contributed by atoms with Crippen molar-refractivity contribution < 1.29 is 64.9 Å². The highest BCUT2D eigenvalue weighted by molar-refractivity contribution is 5.35. The first kappa shape index (κ1) is 42.3. The van der Waals surface area contributed by atoms with Crippen LogP contribution in [0.25, 0.3) is 0 Å². The number of hydrogen-bond donors (Lipinski definition) is 9. The molecule has 2 heterocycles. The van der Waals surface area contributed by atoms with Gasteiger partial charge in [0.1, 0.15) is 48.8 Å². The highest BCUT2D eigenvalue weighted by Crippen LogP contribution is 2.75. The lowest BCUT2D eigenvalue weighted by Gasteiger charge is -2.72. The van der Waals surface area contributed by atoms with Crippen LogP contribution in [0.1, 0.15) is 106 Å². The third-order valence-electron chi connectivity index (χ3n) is 17.5. The molecule has 5 aliphatic carbocycles. The molecule has 316 valence electrons. The number of aliphatic hydroxyl groups excluding tert-OH is 9. The molecule has 6 fully saturated rings. The van der Waals surface area contributed by atoms with Gasteiger partial charge in [-0.1, -0.05) is 60.1 Å². The van der Waals surface area contributed by atoms with Crippen LogP contribution in [0.4, 0.5) is 0 Å². The molecule has 20 atom stereocenters. The summed E-state index contributed by atoms with van der Waals surface area (Å²) in [7, 11) is 0. The second-order valence-corrected chi connectivity index (χ2v) is 20.8. The molecule has 9 N–H and O–H groups in total. The monoisotopic (exact) mass is 782 g/mol. The van der Waals surface area contributed by atoms with E-state index in [2.05, 4.69) is 54.5 Å². The maximum atomic E-state index is 12.4. The molecule has 55 heavy (non-hydrogen) atoms. The number of rotatable bonds is 7. The van der Waals surface area contributed by atoms with Crippen molar-refractivity contribution in [1.82, 2.24) is 0 Å². The number of fused-ring (bicyclic) bond motifs is 7. The third-order valence-corrected chi connectivity index (χ3v) is 17.5. The predicted octanol–water partition coefficient (Wildman–Crippen LogP) is 1.76. The van der Waals surface area contributed by atoms with Gasteiger partial charge in [0, 0.05) is 12.5 Å². The minimum atomic E-state index is -1.75. The molecule has 0 aromatic heterocycles. The molecule has 13 heteroatoms. The van der Waals surface area contributed by atoms with Crippen LogP contribution in [-0.2, 0) is 18.9 Å². The summed E-state index contributed by atoms with van der Waals surface area (Å²) in [6.07, 6.45) is -5.51. The minimum absolute atomic E-state index is 0.00571. The third kappa shape index (κ3) is 6.36. The quantitative estimate of drug-likeness (QED) is 0.133. The van der Waals surface area contributed by atoms with E-state index in [1.165, 1.54) is 5.57 Å². The summed E-state index contributed by atoms with van der Waals surface area (Å²) in [5.41, 5.74) is 0.465. The normalized spacial score (nSPS) is 56.4. The summed E-state index contributed by atoms with van der Waals surface area (Å²) in [5.74, 6) is 0.443. The lowest BCUT2D eigenvalue weighted by molar-refractivity contribution is -0.378. The standard InChI is InChI=1S/C42H70O13/c1-37(2)26-8-11-42(7)34(23(46)16-21-22-17-38(3,20-45)12-13-39(22,4)14-15-41(21,42)6)40(26,5)10-9-27(37)54-36-33(31(50)29(48)25(19-44)53-36)55-35-32(51)30(49)28(47)24(18-43)52-35/h16,22-36,43-51H,8-15,17-20H2,1-7H3/t22-,23?,24+,25+,26-,27-,28+,29+,30-,31-,32+,33+,34+,35-,36-,38-,39+,40-,41+,42+/m0/s1. The van der Waals surface area contributed by atoms with Gasteiger partial charge < -0.3 is 64.9 Å². The van der Waals surface area contributed by atoms with Crippen molar-refractivity contribution in [3.05, 3.63) is 11.6 Å². The average molecular weight is 783 g/mol. The van der Waals surface area contributed by atoms with E-state index in [0.29, 0.717) is 12.3 Å². The van der Waals surface area contributed by atoms with Crippen LogP contribution in [0, 0.1) is 50.2 Å². The molecule has 1 unspecified atom stereocenters. The molecule has 0 spiro atoms. The van der Waals surface area contributed by atoms with Crippen LogP contribution in [0.5, 0.6) is 0 Å². The summed E-state index contributed by atoms with van der Waals surface area (Å²) in [6, 6.07) is 0. The number of allylic oxidation sites excluding steroid dienone is 1. The molecule has 4 saturated carbocycles. The van der Waals surface area contributed by atoms with Crippen LogP contribution in [-0.4, -0.2) is 139 Å². The van der Waals surface area contributed by atoms with E-state index in [4.69, 9.17) is 18.9 Å². The molecule has 0 radical (unpaired) electrons. The zero-order chi connectivity index (χ0) is 40.3. The second-order valence-electron chi connectivity index (χ2n) is 20.8. The summed E-state index contributed by atoms with van der Waals surface area (Å²) in [5, 5.41) is 96.2. The molecule has 0 aromatic carbocycles. The van der Waals surface area contributed by atoms with Crippen LogP contribution >= 0.6 is 0 Å². The number of ether oxygens (including phenoxy) is 4. The van der Waals surface area contributed by atoms with Crippen LogP contribution in [0.15, 0.2) is 11.6 Å². The Balaban J connectivity index is 1.16. The smallest absolute Gasteiger partial charge is 0.187 e. The Morgan fingerprint density at radius 2 is 1.29 bits per heavy atom. The van der Waals surface area contributed by atoms with Crippen molar-refractivity contribution in [1.29, 1.82) is 0 Å². The van der Waals surface area contributed by atoms with Gasteiger partial charge in [0.2, 0.25) is 0 Å². The van der Waals surface area contributed by atoms with E-state index >= 15 is 0 Å². The molecular formula is C42H70O13. The van der Waals surface area contributed by atoms with Gasteiger partial charge in [0.15, 0.2) is 12.6 Å². The van der Waals surface area contributed by atoms with Crippen LogP contribution in [0.2, 0.25) is 0 Å². The van der Waals surface area contributed by atoms with E-state index in [-0.39, 0.29) is 45.5 Å². The molecule has 0 bridgehead atoms. The fraction of sp³-hybridized carbons (Fsp3) is 0.952. The Morgan fingerprint density at radius 3 is 1.93 bits per heavy atom. The molecule has 7 aliphatic rings. The maximum absolute atomic E-state index is 12.4. The van der Waals surface area contributed by atoms with Gasteiger partial charge in [0.05, 0.1) is 25.4 Å². The molecule has 0 aromatic rings. The van der Waals surface area contributed by atoms with Crippen molar-refractivity contribution >= 4 is 0 Å². The number of hydrogen-bond acceptors (Lipinski definition) is 13. The fourth-order valence-electron chi connectivity index (χ4n) is 13.7. The molecule has 0 amide bonds. The molecular weight excluding hydrogens is 712 g/mol. The first-order valence-corrected chi connectivity index (χ1v) is 20.9. The Kier molecular flexibility index (Phi) is 11.1. The van der Waals surface area contributed by atoms with Crippen molar-refractivity contribution in [2.45, 2.75) is 180 Å².